The summed E-state index contributed by atoms with van der Waals surface area (Å²) in [5.74, 6) is 0.304. The van der Waals surface area contributed by atoms with Crippen molar-refractivity contribution < 1.29 is 4.79 Å². The second-order valence-electron chi connectivity index (χ2n) is 5.74. The highest BCUT2D eigenvalue weighted by Crippen LogP contribution is 2.34. The van der Waals surface area contributed by atoms with E-state index in [2.05, 4.69) is 10.2 Å². The van der Waals surface area contributed by atoms with Crippen molar-refractivity contribution in [2.75, 3.05) is 40.3 Å². The van der Waals surface area contributed by atoms with Gasteiger partial charge in [-0.15, -0.1) is 0 Å². The van der Waals surface area contributed by atoms with E-state index < -0.39 is 0 Å². The van der Waals surface area contributed by atoms with Crippen LogP contribution >= 0.6 is 0 Å². The van der Waals surface area contributed by atoms with E-state index in [9.17, 15) is 4.79 Å². The first-order chi connectivity index (χ1) is 8.14. The number of likely N-dealkylation sites (N-methyl/N-ethyl adjacent to an activating group) is 1. The lowest BCUT2D eigenvalue weighted by Crippen LogP contribution is -2.64. The lowest BCUT2D eigenvalue weighted by Gasteiger charge is -2.50. The number of rotatable bonds is 2. The molecule has 1 N–H and O–H groups in total. The Morgan fingerprint density at radius 2 is 2.00 bits per heavy atom. The molecular formula is C13H25N3O. The van der Waals surface area contributed by atoms with Gasteiger partial charge in [-0.3, -0.25) is 4.79 Å². The van der Waals surface area contributed by atoms with E-state index in [1.54, 1.807) is 0 Å². The number of hydrogen-bond acceptors (Lipinski definition) is 3. The van der Waals surface area contributed by atoms with Gasteiger partial charge in [-0.2, -0.15) is 0 Å². The van der Waals surface area contributed by atoms with Gasteiger partial charge < -0.3 is 15.1 Å². The minimum Gasteiger partial charge on any atom is -0.333 e. The van der Waals surface area contributed by atoms with Gasteiger partial charge in [0.1, 0.15) is 0 Å². The van der Waals surface area contributed by atoms with Crippen LogP contribution < -0.4 is 5.32 Å². The Hall–Kier alpha value is -0.610. The van der Waals surface area contributed by atoms with Crippen LogP contribution in [0.15, 0.2) is 0 Å². The van der Waals surface area contributed by atoms with Gasteiger partial charge in [0.2, 0.25) is 5.91 Å². The summed E-state index contributed by atoms with van der Waals surface area (Å²) in [6.45, 7) is 3.36. The third-order valence-corrected chi connectivity index (χ3v) is 4.08. The predicted octanol–water partition coefficient (Wildman–Crippen LogP) is 0.683. The molecule has 1 heterocycles. The quantitative estimate of drug-likeness (QED) is 0.770. The van der Waals surface area contributed by atoms with Gasteiger partial charge >= 0.3 is 0 Å². The smallest absolute Gasteiger partial charge is 0.237 e. The van der Waals surface area contributed by atoms with Gasteiger partial charge in [0.15, 0.2) is 0 Å². The standard InChI is InChI=1S/C13H25N3O/c1-15(2)10-12(17)16-9-8-14-11-13(16)6-4-3-5-7-13/h14H,3-11H2,1-2H3. The molecule has 4 heteroatoms. The number of nitrogens with zero attached hydrogens (tertiary/aromatic N) is 2. The van der Waals surface area contributed by atoms with Crippen LogP contribution in [-0.4, -0.2) is 61.5 Å². The van der Waals surface area contributed by atoms with Crippen molar-refractivity contribution in [2.24, 2.45) is 0 Å². The van der Waals surface area contributed by atoms with E-state index in [4.69, 9.17) is 0 Å². The highest BCUT2D eigenvalue weighted by molar-refractivity contribution is 5.79. The van der Waals surface area contributed by atoms with E-state index in [1.807, 2.05) is 19.0 Å². The number of piperazine rings is 1. The van der Waals surface area contributed by atoms with Gasteiger partial charge in [0.05, 0.1) is 12.1 Å². The van der Waals surface area contributed by atoms with Crippen LogP contribution in [0, 0.1) is 0 Å². The Kier molecular flexibility index (Phi) is 4.05. The largest absolute Gasteiger partial charge is 0.333 e. The molecule has 1 aliphatic heterocycles. The van der Waals surface area contributed by atoms with Crippen molar-refractivity contribution >= 4 is 5.91 Å². The Bertz CT molecular complexity index is 264. The summed E-state index contributed by atoms with van der Waals surface area (Å²) in [6, 6.07) is 0. The van der Waals surface area contributed by atoms with Crippen molar-refractivity contribution in [2.45, 2.75) is 37.6 Å². The number of hydrogen-bond donors (Lipinski definition) is 1. The predicted molar refractivity (Wildman–Crippen MR) is 69.0 cm³/mol. The molecule has 1 amide bonds. The summed E-state index contributed by atoms with van der Waals surface area (Å²) in [5, 5.41) is 3.48. The number of carbonyl (C=O) groups is 1. The topological polar surface area (TPSA) is 35.6 Å². The fourth-order valence-electron chi connectivity index (χ4n) is 3.25. The molecule has 0 aromatic carbocycles. The van der Waals surface area contributed by atoms with Gasteiger partial charge in [0.25, 0.3) is 0 Å². The molecule has 0 unspecified atom stereocenters. The summed E-state index contributed by atoms with van der Waals surface area (Å²) >= 11 is 0. The third-order valence-electron chi connectivity index (χ3n) is 4.08. The second kappa shape index (κ2) is 5.36. The maximum absolute atomic E-state index is 12.3. The minimum absolute atomic E-state index is 0.129. The summed E-state index contributed by atoms with van der Waals surface area (Å²) in [5.41, 5.74) is 0.129. The molecular weight excluding hydrogens is 214 g/mol. The lowest BCUT2D eigenvalue weighted by atomic mass is 9.79. The molecule has 2 fully saturated rings. The average Bonchev–Trinajstić information content (AvgIpc) is 2.29. The van der Waals surface area contributed by atoms with Crippen molar-refractivity contribution in [3.05, 3.63) is 0 Å². The van der Waals surface area contributed by atoms with E-state index in [1.165, 1.54) is 32.1 Å². The third kappa shape index (κ3) is 2.80. The molecule has 1 saturated heterocycles. The Morgan fingerprint density at radius 3 is 2.65 bits per heavy atom. The van der Waals surface area contributed by atoms with Gasteiger partial charge in [0, 0.05) is 19.6 Å². The molecule has 2 aliphatic rings. The maximum Gasteiger partial charge on any atom is 0.237 e. The molecule has 2 rings (SSSR count). The monoisotopic (exact) mass is 239 g/mol. The zero-order valence-electron chi connectivity index (χ0n) is 11.2. The van der Waals surface area contributed by atoms with E-state index >= 15 is 0 Å². The highest BCUT2D eigenvalue weighted by atomic mass is 16.2. The second-order valence-corrected chi connectivity index (χ2v) is 5.74. The lowest BCUT2D eigenvalue weighted by molar-refractivity contribution is -0.141. The molecule has 1 saturated carbocycles. The van der Waals surface area contributed by atoms with E-state index in [0.29, 0.717) is 12.5 Å². The van der Waals surface area contributed by atoms with E-state index in [-0.39, 0.29) is 5.54 Å². The molecule has 0 radical (unpaired) electrons. The molecule has 98 valence electrons. The number of amides is 1. The Labute approximate surface area is 104 Å². The van der Waals surface area contributed by atoms with E-state index in [0.717, 1.165) is 19.6 Å². The molecule has 1 aliphatic carbocycles. The molecule has 0 aromatic rings. The SMILES string of the molecule is CN(C)CC(=O)N1CCNCC12CCCCC2. The minimum atomic E-state index is 0.129. The Morgan fingerprint density at radius 1 is 1.29 bits per heavy atom. The normalized spacial score (nSPS) is 24.3. The first-order valence-electron chi connectivity index (χ1n) is 6.80. The van der Waals surface area contributed by atoms with Crippen LogP contribution in [0.5, 0.6) is 0 Å². The van der Waals surface area contributed by atoms with Gasteiger partial charge in [-0.25, -0.2) is 0 Å². The first-order valence-corrected chi connectivity index (χ1v) is 6.80. The van der Waals surface area contributed by atoms with Crippen LogP contribution in [-0.2, 0) is 4.79 Å². The average molecular weight is 239 g/mol. The fraction of sp³-hybridized carbons (Fsp3) is 0.923. The summed E-state index contributed by atoms with van der Waals surface area (Å²) in [7, 11) is 3.93. The molecule has 0 aromatic heterocycles. The van der Waals surface area contributed by atoms with Crippen molar-refractivity contribution in [1.82, 2.24) is 15.1 Å². The zero-order chi connectivity index (χ0) is 12.3. The molecule has 1 spiro atoms. The Balaban J connectivity index is 2.08. The molecule has 4 nitrogen and oxygen atoms in total. The summed E-state index contributed by atoms with van der Waals surface area (Å²) < 4.78 is 0. The van der Waals surface area contributed by atoms with Crippen LogP contribution in [0.2, 0.25) is 0 Å². The number of carbonyl (C=O) groups excluding carboxylic acids is 1. The van der Waals surface area contributed by atoms with Crippen molar-refractivity contribution in [3.8, 4) is 0 Å². The van der Waals surface area contributed by atoms with Crippen molar-refractivity contribution in [1.29, 1.82) is 0 Å². The molecule has 0 atom stereocenters. The van der Waals surface area contributed by atoms with Gasteiger partial charge in [-0.1, -0.05) is 19.3 Å². The van der Waals surface area contributed by atoms with Crippen molar-refractivity contribution in [3.63, 3.8) is 0 Å². The highest BCUT2D eigenvalue weighted by Gasteiger charge is 2.41. The van der Waals surface area contributed by atoms with Crippen LogP contribution in [0.1, 0.15) is 32.1 Å². The summed E-state index contributed by atoms with van der Waals surface area (Å²) in [4.78, 5) is 16.5. The maximum atomic E-state index is 12.3. The molecule has 0 bridgehead atoms. The van der Waals surface area contributed by atoms with Gasteiger partial charge in [-0.05, 0) is 26.9 Å². The zero-order valence-corrected chi connectivity index (χ0v) is 11.2. The van der Waals surface area contributed by atoms with Crippen LogP contribution in [0.25, 0.3) is 0 Å². The fourth-order valence-corrected chi connectivity index (χ4v) is 3.25. The molecule has 17 heavy (non-hydrogen) atoms. The van der Waals surface area contributed by atoms with Crippen LogP contribution in [0.4, 0.5) is 0 Å². The summed E-state index contributed by atoms with van der Waals surface area (Å²) in [6.07, 6.45) is 6.23. The van der Waals surface area contributed by atoms with Crippen LogP contribution in [0.3, 0.4) is 0 Å². The number of nitrogens with one attached hydrogen (secondary N) is 1. The first kappa shape index (κ1) is 12.8.